The quantitative estimate of drug-likeness (QED) is 0.608. The molecule has 82 valence electrons. The van der Waals surface area contributed by atoms with Crippen LogP contribution < -0.4 is 0 Å². The highest BCUT2D eigenvalue weighted by Gasteiger charge is 2.23. The molecule has 1 saturated carbocycles. The molecule has 1 fully saturated rings. The van der Waals surface area contributed by atoms with Gasteiger partial charge >= 0.3 is 0 Å². The summed E-state index contributed by atoms with van der Waals surface area (Å²) in [4.78, 5) is 11.2. The van der Waals surface area contributed by atoms with Crippen LogP contribution in [0.5, 0.6) is 0 Å². The number of hydrogen-bond acceptors (Lipinski definition) is 1. The topological polar surface area (TPSA) is 17.1 Å². The van der Waals surface area contributed by atoms with Crippen molar-refractivity contribution in [2.24, 2.45) is 11.8 Å². The van der Waals surface area contributed by atoms with E-state index in [4.69, 9.17) is 0 Å². The van der Waals surface area contributed by atoms with Crippen molar-refractivity contribution in [3.8, 4) is 0 Å². The third-order valence-corrected chi connectivity index (χ3v) is 3.64. The number of unbranched alkanes of at least 4 members (excludes halogenated alkanes) is 2. The maximum absolute atomic E-state index is 11.2. The van der Waals surface area contributed by atoms with Crippen LogP contribution in [-0.2, 0) is 4.79 Å². The lowest BCUT2D eigenvalue weighted by Crippen LogP contribution is -2.19. The second kappa shape index (κ2) is 6.21. The monoisotopic (exact) mass is 196 g/mol. The Kier molecular flexibility index (Phi) is 5.21. The fourth-order valence-corrected chi connectivity index (χ4v) is 2.54. The normalized spacial score (nSPS) is 27.6. The molecule has 0 N–H and O–H groups in total. The van der Waals surface area contributed by atoms with Gasteiger partial charge in [-0.25, -0.2) is 0 Å². The molecule has 0 unspecified atom stereocenters. The minimum absolute atomic E-state index is 0.400. The zero-order valence-electron chi connectivity index (χ0n) is 9.72. The van der Waals surface area contributed by atoms with Crippen LogP contribution in [0, 0.1) is 11.8 Å². The van der Waals surface area contributed by atoms with Crippen molar-refractivity contribution in [1.82, 2.24) is 0 Å². The SMILES string of the molecule is CCCCCC1CCC(C(C)=O)CC1. The van der Waals surface area contributed by atoms with E-state index in [2.05, 4.69) is 6.92 Å². The lowest BCUT2D eigenvalue weighted by Gasteiger charge is -2.26. The van der Waals surface area contributed by atoms with Crippen molar-refractivity contribution >= 4 is 5.78 Å². The minimum Gasteiger partial charge on any atom is -0.300 e. The lowest BCUT2D eigenvalue weighted by atomic mass is 9.78. The summed E-state index contributed by atoms with van der Waals surface area (Å²) in [6.07, 6.45) is 10.4. The summed E-state index contributed by atoms with van der Waals surface area (Å²) in [6, 6.07) is 0. The number of ketones is 1. The predicted molar refractivity (Wildman–Crippen MR) is 60.3 cm³/mol. The van der Waals surface area contributed by atoms with Gasteiger partial charge in [-0.15, -0.1) is 0 Å². The molecule has 0 saturated heterocycles. The van der Waals surface area contributed by atoms with E-state index in [0.717, 1.165) is 18.8 Å². The zero-order valence-corrected chi connectivity index (χ0v) is 9.72. The van der Waals surface area contributed by atoms with E-state index in [1.54, 1.807) is 6.92 Å². The molecule has 0 atom stereocenters. The van der Waals surface area contributed by atoms with E-state index < -0.39 is 0 Å². The molecule has 0 aliphatic heterocycles. The number of carbonyl (C=O) groups is 1. The highest BCUT2D eigenvalue weighted by Crippen LogP contribution is 2.32. The summed E-state index contributed by atoms with van der Waals surface area (Å²) >= 11 is 0. The molecule has 0 aromatic heterocycles. The summed E-state index contributed by atoms with van der Waals surface area (Å²) in [5.41, 5.74) is 0. The molecule has 1 aliphatic rings. The third-order valence-electron chi connectivity index (χ3n) is 3.64. The van der Waals surface area contributed by atoms with Crippen molar-refractivity contribution in [3.63, 3.8) is 0 Å². The van der Waals surface area contributed by atoms with Crippen LogP contribution in [0.15, 0.2) is 0 Å². The summed E-state index contributed by atoms with van der Waals surface area (Å²) in [5, 5.41) is 0. The Bertz CT molecular complexity index is 166. The van der Waals surface area contributed by atoms with Gasteiger partial charge in [-0.3, -0.25) is 4.79 Å². The Labute approximate surface area is 88.3 Å². The van der Waals surface area contributed by atoms with Crippen LogP contribution in [0.25, 0.3) is 0 Å². The van der Waals surface area contributed by atoms with Crippen LogP contribution in [0.3, 0.4) is 0 Å². The van der Waals surface area contributed by atoms with Crippen molar-refractivity contribution in [2.75, 3.05) is 0 Å². The molecule has 0 spiro atoms. The number of carbonyl (C=O) groups excluding carboxylic acids is 1. The molecule has 1 heteroatoms. The van der Waals surface area contributed by atoms with Crippen LogP contribution in [0.2, 0.25) is 0 Å². The van der Waals surface area contributed by atoms with Gasteiger partial charge in [0, 0.05) is 5.92 Å². The van der Waals surface area contributed by atoms with E-state index >= 15 is 0 Å². The second-order valence-corrected chi connectivity index (χ2v) is 4.82. The Hall–Kier alpha value is -0.330. The maximum Gasteiger partial charge on any atom is 0.132 e. The smallest absolute Gasteiger partial charge is 0.132 e. The minimum atomic E-state index is 0.400. The van der Waals surface area contributed by atoms with E-state index in [1.807, 2.05) is 0 Å². The van der Waals surface area contributed by atoms with Crippen LogP contribution in [0.4, 0.5) is 0 Å². The lowest BCUT2D eigenvalue weighted by molar-refractivity contribution is -0.121. The molecule has 0 heterocycles. The first-order chi connectivity index (χ1) is 6.74. The molecular weight excluding hydrogens is 172 g/mol. The van der Waals surface area contributed by atoms with Gasteiger partial charge in [-0.1, -0.05) is 32.6 Å². The molecule has 1 aliphatic carbocycles. The molecule has 0 aromatic carbocycles. The van der Waals surface area contributed by atoms with Gasteiger partial charge < -0.3 is 0 Å². The maximum atomic E-state index is 11.2. The van der Waals surface area contributed by atoms with E-state index in [9.17, 15) is 4.79 Å². The Morgan fingerprint density at radius 2 is 1.79 bits per heavy atom. The van der Waals surface area contributed by atoms with Gasteiger partial charge in [0.05, 0.1) is 0 Å². The molecule has 0 amide bonds. The highest BCUT2D eigenvalue weighted by atomic mass is 16.1. The summed E-state index contributed by atoms with van der Waals surface area (Å²) in [7, 11) is 0. The van der Waals surface area contributed by atoms with Gasteiger partial charge in [-0.2, -0.15) is 0 Å². The van der Waals surface area contributed by atoms with E-state index in [-0.39, 0.29) is 0 Å². The van der Waals surface area contributed by atoms with Crippen molar-refractivity contribution in [1.29, 1.82) is 0 Å². The summed E-state index contributed by atoms with van der Waals surface area (Å²) in [6.45, 7) is 4.01. The van der Waals surface area contributed by atoms with Gasteiger partial charge in [0.1, 0.15) is 5.78 Å². The third kappa shape index (κ3) is 3.81. The average Bonchev–Trinajstić information content (AvgIpc) is 2.19. The first-order valence-corrected chi connectivity index (χ1v) is 6.24. The summed E-state index contributed by atoms with van der Waals surface area (Å²) < 4.78 is 0. The number of hydrogen-bond donors (Lipinski definition) is 0. The number of Topliss-reactive ketones (excluding diaryl/α,β-unsaturated/α-hetero) is 1. The largest absolute Gasteiger partial charge is 0.300 e. The molecule has 0 aromatic rings. The number of rotatable bonds is 5. The van der Waals surface area contributed by atoms with Gasteiger partial charge in [-0.05, 0) is 38.5 Å². The zero-order chi connectivity index (χ0) is 10.4. The Morgan fingerprint density at radius 1 is 1.14 bits per heavy atom. The second-order valence-electron chi connectivity index (χ2n) is 4.82. The van der Waals surface area contributed by atoms with Crippen LogP contribution >= 0.6 is 0 Å². The average molecular weight is 196 g/mol. The molecule has 14 heavy (non-hydrogen) atoms. The standard InChI is InChI=1S/C13H24O/c1-3-4-5-6-12-7-9-13(10-8-12)11(2)14/h12-13H,3-10H2,1-2H3. The van der Waals surface area contributed by atoms with Crippen molar-refractivity contribution in [2.45, 2.75) is 65.2 Å². The molecule has 0 bridgehead atoms. The van der Waals surface area contributed by atoms with E-state index in [0.29, 0.717) is 11.7 Å². The fraction of sp³-hybridized carbons (Fsp3) is 0.923. The van der Waals surface area contributed by atoms with Crippen LogP contribution in [-0.4, -0.2) is 5.78 Å². The first kappa shape index (κ1) is 11.7. The van der Waals surface area contributed by atoms with Crippen LogP contribution in [0.1, 0.15) is 65.2 Å². The molecule has 1 rings (SSSR count). The Balaban J connectivity index is 2.12. The van der Waals surface area contributed by atoms with Crippen molar-refractivity contribution in [3.05, 3.63) is 0 Å². The molecule has 1 nitrogen and oxygen atoms in total. The predicted octanol–water partition coefficient (Wildman–Crippen LogP) is 3.96. The molecular formula is C13H24O. The summed E-state index contributed by atoms with van der Waals surface area (Å²) in [5.74, 6) is 1.74. The van der Waals surface area contributed by atoms with Crippen molar-refractivity contribution < 1.29 is 4.79 Å². The fourth-order valence-electron chi connectivity index (χ4n) is 2.54. The van der Waals surface area contributed by atoms with Gasteiger partial charge in [0.15, 0.2) is 0 Å². The Morgan fingerprint density at radius 3 is 2.29 bits per heavy atom. The first-order valence-electron chi connectivity index (χ1n) is 6.24. The van der Waals surface area contributed by atoms with Gasteiger partial charge in [0.25, 0.3) is 0 Å². The van der Waals surface area contributed by atoms with Gasteiger partial charge in [0.2, 0.25) is 0 Å². The van der Waals surface area contributed by atoms with E-state index in [1.165, 1.54) is 38.5 Å². The molecule has 0 radical (unpaired) electrons. The highest BCUT2D eigenvalue weighted by molar-refractivity contribution is 5.78.